The van der Waals surface area contributed by atoms with Gasteiger partial charge in [-0.15, -0.1) is 0 Å². The molecule has 170 valence electrons. The smallest absolute Gasteiger partial charge is 0.435 e. The molecule has 2 aromatic heterocycles. The number of esters is 1. The highest BCUT2D eigenvalue weighted by molar-refractivity contribution is 6.33. The highest BCUT2D eigenvalue weighted by atomic mass is 35.5. The van der Waals surface area contributed by atoms with Crippen LogP contribution >= 0.6 is 11.6 Å². The Hall–Kier alpha value is -3.73. The van der Waals surface area contributed by atoms with E-state index in [1.807, 2.05) is 0 Å². The van der Waals surface area contributed by atoms with Crippen LogP contribution in [0, 0.1) is 11.6 Å². The van der Waals surface area contributed by atoms with Crippen molar-refractivity contribution in [3.05, 3.63) is 76.6 Å². The zero-order valence-corrected chi connectivity index (χ0v) is 17.2. The topological polar surface area (TPSA) is 70.2 Å². The second-order valence-electron chi connectivity index (χ2n) is 6.61. The number of nitrogens with zero attached hydrogens (tertiary/aromatic N) is 3. The molecule has 12 heteroatoms. The van der Waals surface area contributed by atoms with Gasteiger partial charge in [-0.05, 0) is 24.3 Å². The molecule has 0 unspecified atom stereocenters. The van der Waals surface area contributed by atoms with E-state index in [2.05, 4.69) is 15.0 Å². The number of alkyl halides is 3. The van der Waals surface area contributed by atoms with Crippen LogP contribution in [0.3, 0.4) is 0 Å². The minimum Gasteiger partial charge on any atom is -0.465 e. The summed E-state index contributed by atoms with van der Waals surface area (Å²) in [5.41, 5.74) is -3.96. The van der Waals surface area contributed by atoms with Crippen LogP contribution in [0.25, 0.3) is 28.3 Å². The zero-order chi connectivity index (χ0) is 23.9. The summed E-state index contributed by atoms with van der Waals surface area (Å²) in [6.45, 7) is 0. The number of carbonyl (C=O) groups is 1. The summed E-state index contributed by atoms with van der Waals surface area (Å²) in [5.74, 6) is -3.60. The van der Waals surface area contributed by atoms with Gasteiger partial charge in [-0.25, -0.2) is 18.3 Å². The first-order chi connectivity index (χ1) is 15.6. The number of rotatable bonds is 4. The standard InChI is InChI=1S/C21H11ClF5N3O3/c1-32-20(31)16-17(15-11(22)5-4-7-13(15)24)29-33-18(16)10-9-30(28-19(10)21(25,26)27)14-8-3-2-6-12(14)23/h2-9H,1H3. The molecule has 0 spiro atoms. The van der Waals surface area contributed by atoms with Gasteiger partial charge in [0.25, 0.3) is 0 Å². The Balaban J connectivity index is 2.01. The molecule has 2 heterocycles. The van der Waals surface area contributed by atoms with E-state index < -0.39 is 52.1 Å². The van der Waals surface area contributed by atoms with Crippen LogP contribution in [-0.4, -0.2) is 28.0 Å². The van der Waals surface area contributed by atoms with E-state index in [1.165, 1.54) is 30.3 Å². The molecule has 0 aliphatic carbocycles. The Morgan fingerprint density at radius 3 is 2.42 bits per heavy atom. The average molecular weight is 484 g/mol. The van der Waals surface area contributed by atoms with Gasteiger partial charge >= 0.3 is 12.1 Å². The first-order valence-corrected chi connectivity index (χ1v) is 9.45. The van der Waals surface area contributed by atoms with Crippen LogP contribution in [0.2, 0.25) is 5.02 Å². The van der Waals surface area contributed by atoms with Gasteiger partial charge in [0.15, 0.2) is 11.5 Å². The lowest BCUT2D eigenvalue weighted by Gasteiger charge is -2.06. The molecule has 4 rings (SSSR count). The first-order valence-electron chi connectivity index (χ1n) is 9.08. The van der Waals surface area contributed by atoms with Crippen molar-refractivity contribution >= 4 is 17.6 Å². The molecule has 0 bridgehead atoms. The Bertz CT molecular complexity index is 1340. The molecule has 0 aliphatic rings. The summed E-state index contributed by atoms with van der Waals surface area (Å²) in [4.78, 5) is 12.5. The number of benzene rings is 2. The number of aromatic nitrogens is 3. The molecular formula is C21H11ClF5N3O3. The Morgan fingerprint density at radius 2 is 1.79 bits per heavy atom. The summed E-state index contributed by atoms with van der Waals surface area (Å²) in [6.07, 6.45) is -4.21. The molecular weight excluding hydrogens is 473 g/mol. The normalized spacial score (nSPS) is 11.6. The van der Waals surface area contributed by atoms with E-state index in [1.54, 1.807) is 0 Å². The highest BCUT2D eigenvalue weighted by Gasteiger charge is 2.41. The number of hydrogen-bond acceptors (Lipinski definition) is 5. The number of para-hydroxylation sites is 1. The van der Waals surface area contributed by atoms with Crippen LogP contribution in [-0.2, 0) is 10.9 Å². The summed E-state index contributed by atoms with van der Waals surface area (Å²) < 4.78 is 80.5. The van der Waals surface area contributed by atoms with E-state index >= 15 is 0 Å². The van der Waals surface area contributed by atoms with Gasteiger partial charge in [-0.3, -0.25) is 0 Å². The lowest BCUT2D eigenvalue weighted by Crippen LogP contribution is -2.10. The largest absolute Gasteiger partial charge is 0.465 e. The molecule has 4 aromatic rings. The van der Waals surface area contributed by atoms with E-state index in [9.17, 15) is 26.7 Å². The maximum atomic E-state index is 14.5. The van der Waals surface area contributed by atoms with Crippen molar-refractivity contribution < 1.29 is 36.0 Å². The number of hydrogen-bond donors (Lipinski definition) is 0. The average Bonchev–Trinajstić information content (AvgIpc) is 3.38. The van der Waals surface area contributed by atoms with E-state index in [-0.39, 0.29) is 16.3 Å². The third kappa shape index (κ3) is 3.95. The van der Waals surface area contributed by atoms with Crippen LogP contribution in [0.5, 0.6) is 0 Å². The van der Waals surface area contributed by atoms with Gasteiger partial charge < -0.3 is 9.26 Å². The van der Waals surface area contributed by atoms with Crippen molar-refractivity contribution in [1.29, 1.82) is 0 Å². The third-order valence-electron chi connectivity index (χ3n) is 4.61. The van der Waals surface area contributed by atoms with Gasteiger partial charge in [0.1, 0.15) is 28.6 Å². The van der Waals surface area contributed by atoms with Crippen molar-refractivity contribution in [2.75, 3.05) is 7.11 Å². The van der Waals surface area contributed by atoms with Crippen molar-refractivity contribution in [2.45, 2.75) is 6.18 Å². The van der Waals surface area contributed by atoms with E-state index in [0.717, 1.165) is 25.4 Å². The quantitative estimate of drug-likeness (QED) is 0.266. The lowest BCUT2D eigenvalue weighted by molar-refractivity contribution is -0.140. The SMILES string of the molecule is COC(=O)c1c(-c2c(F)cccc2Cl)noc1-c1cn(-c2ccccc2F)nc1C(F)(F)F. The minimum absolute atomic E-state index is 0.168. The molecule has 0 N–H and O–H groups in total. The first kappa shape index (κ1) is 22.5. The number of methoxy groups -OCH3 is 1. The van der Waals surface area contributed by atoms with Crippen LogP contribution in [0.4, 0.5) is 22.0 Å². The highest BCUT2D eigenvalue weighted by Crippen LogP contribution is 2.42. The lowest BCUT2D eigenvalue weighted by atomic mass is 10.0. The molecule has 2 aromatic carbocycles. The zero-order valence-electron chi connectivity index (χ0n) is 16.5. The minimum atomic E-state index is -5.03. The van der Waals surface area contributed by atoms with Crippen LogP contribution in [0.15, 0.2) is 53.2 Å². The second kappa shape index (κ2) is 8.32. The summed E-state index contributed by atoms with van der Waals surface area (Å²) in [7, 11) is 0.972. The maximum absolute atomic E-state index is 14.5. The van der Waals surface area contributed by atoms with E-state index in [4.69, 9.17) is 16.1 Å². The van der Waals surface area contributed by atoms with E-state index in [0.29, 0.717) is 4.68 Å². The third-order valence-corrected chi connectivity index (χ3v) is 4.92. The predicted octanol–water partition coefficient (Wildman–Crippen LogP) is 5.93. The Kier molecular flexibility index (Phi) is 5.66. The van der Waals surface area contributed by atoms with Gasteiger partial charge in [-0.1, -0.05) is 35.0 Å². The van der Waals surface area contributed by atoms with Gasteiger partial charge in [-0.2, -0.15) is 18.3 Å². The summed E-state index contributed by atoms with van der Waals surface area (Å²) in [5, 5.41) is 6.87. The van der Waals surface area contributed by atoms with Gasteiger partial charge in [0.05, 0.1) is 23.3 Å². The van der Waals surface area contributed by atoms with Gasteiger partial charge in [0, 0.05) is 6.20 Å². The molecule has 0 fully saturated rings. The van der Waals surface area contributed by atoms with Crippen molar-refractivity contribution in [3.63, 3.8) is 0 Å². The number of ether oxygens (including phenoxy) is 1. The molecule has 0 saturated carbocycles. The molecule has 0 aliphatic heterocycles. The maximum Gasteiger partial charge on any atom is 0.435 e. The fourth-order valence-corrected chi connectivity index (χ4v) is 3.42. The molecule has 0 radical (unpaired) electrons. The fraction of sp³-hybridized carbons (Fsp3) is 0.0952. The number of halogens is 6. The van der Waals surface area contributed by atoms with Crippen LogP contribution < -0.4 is 0 Å². The van der Waals surface area contributed by atoms with Crippen molar-refractivity contribution in [2.24, 2.45) is 0 Å². The monoisotopic (exact) mass is 483 g/mol. The van der Waals surface area contributed by atoms with Gasteiger partial charge in [0.2, 0.25) is 0 Å². The number of carbonyl (C=O) groups excluding carboxylic acids is 1. The van der Waals surface area contributed by atoms with Crippen molar-refractivity contribution in [1.82, 2.24) is 14.9 Å². The molecule has 6 nitrogen and oxygen atoms in total. The molecule has 0 atom stereocenters. The molecule has 33 heavy (non-hydrogen) atoms. The molecule has 0 saturated heterocycles. The Labute approximate surface area is 187 Å². The summed E-state index contributed by atoms with van der Waals surface area (Å²) >= 11 is 6.03. The second-order valence-corrected chi connectivity index (χ2v) is 7.02. The summed E-state index contributed by atoms with van der Waals surface area (Å²) in [6, 6.07) is 8.61. The molecule has 0 amide bonds. The van der Waals surface area contributed by atoms with Crippen LogP contribution in [0.1, 0.15) is 16.1 Å². The fourth-order valence-electron chi connectivity index (χ4n) is 3.17. The predicted molar refractivity (Wildman–Crippen MR) is 106 cm³/mol. The van der Waals surface area contributed by atoms with Crippen molar-refractivity contribution in [3.8, 4) is 28.3 Å². The Morgan fingerprint density at radius 1 is 1.09 bits per heavy atom.